The zero-order valence-electron chi connectivity index (χ0n) is 19.1. The first-order valence-electron chi connectivity index (χ1n) is 11.6. The molecule has 0 unspecified atom stereocenters. The zero-order chi connectivity index (χ0) is 23.1. The SMILES string of the molecule is CN1CCN(C2=CC=CCc3[nH]c(C4=NNCc5cc(F)c(-c6cccnc6)cc54)nc32)CC1. The van der Waals surface area contributed by atoms with Gasteiger partial charge in [-0.3, -0.25) is 4.98 Å². The van der Waals surface area contributed by atoms with Gasteiger partial charge in [0.1, 0.15) is 17.2 Å². The maximum absolute atomic E-state index is 15.0. The van der Waals surface area contributed by atoms with Crippen LogP contribution in [0.5, 0.6) is 0 Å². The summed E-state index contributed by atoms with van der Waals surface area (Å²) in [5, 5.41) is 4.60. The third kappa shape index (κ3) is 3.70. The Morgan fingerprint density at radius 1 is 1.09 bits per heavy atom. The van der Waals surface area contributed by atoms with E-state index in [1.807, 2.05) is 18.2 Å². The number of nitrogens with zero attached hydrogens (tertiary/aromatic N) is 5. The fourth-order valence-electron chi connectivity index (χ4n) is 4.78. The summed E-state index contributed by atoms with van der Waals surface area (Å²) in [5.74, 6) is 0.424. The predicted octanol–water partition coefficient (Wildman–Crippen LogP) is 3.17. The molecule has 172 valence electrons. The van der Waals surface area contributed by atoms with E-state index in [9.17, 15) is 4.39 Å². The average molecular weight is 456 g/mol. The molecule has 2 aromatic heterocycles. The van der Waals surface area contributed by atoms with E-state index in [0.717, 1.165) is 66.4 Å². The van der Waals surface area contributed by atoms with Gasteiger partial charge in [0.05, 0.1) is 12.2 Å². The minimum Gasteiger partial charge on any atom is -0.367 e. The molecule has 1 aliphatic carbocycles. The summed E-state index contributed by atoms with van der Waals surface area (Å²) < 4.78 is 15.0. The quantitative estimate of drug-likeness (QED) is 0.635. The van der Waals surface area contributed by atoms with Crippen LogP contribution >= 0.6 is 0 Å². The van der Waals surface area contributed by atoms with Crippen LogP contribution in [0, 0.1) is 5.82 Å². The second-order valence-electron chi connectivity index (χ2n) is 8.91. The number of pyridine rings is 1. The van der Waals surface area contributed by atoms with E-state index in [4.69, 9.17) is 4.98 Å². The van der Waals surface area contributed by atoms with Crippen LogP contribution in [-0.2, 0) is 13.0 Å². The number of H-pyrrole nitrogens is 1. The fraction of sp³-hybridized carbons (Fsp3) is 0.269. The number of fused-ring (bicyclic) bond motifs is 2. The van der Waals surface area contributed by atoms with E-state index < -0.39 is 0 Å². The van der Waals surface area contributed by atoms with Crippen LogP contribution in [0.4, 0.5) is 4.39 Å². The lowest BCUT2D eigenvalue weighted by Gasteiger charge is -2.35. The van der Waals surface area contributed by atoms with Crippen LogP contribution in [0.1, 0.15) is 28.3 Å². The van der Waals surface area contributed by atoms with Gasteiger partial charge in [0.2, 0.25) is 0 Å². The number of hydrogen-bond donors (Lipinski definition) is 2. The maximum atomic E-state index is 15.0. The molecule has 1 saturated heterocycles. The highest BCUT2D eigenvalue weighted by molar-refractivity contribution is 6.12. The van der Waals surface area contributed by atoms with Crippen molar-refractivity contribution in [2.24, 2.45) is 5.10 Å². The third-order valence-corrected chi connectivity index (χ3v) is 6.68. The van der Waals surface area contributed by atoms with Crippen LogP contribution in [0.25, 0.3) is 16.8 Å². The minimum atomic E-state index is -0.268. The van der Waals surface area contributed by atoms with Gasteiger partial charge in [0.25, 0.3) is 0 Å². The van der Waals surface area contributed by atoms with Crippen molar-refractivity contribution >= 4 is 11.4 Å². The summed E-state index contributed by atoms with van der Waals surface area (Å²) >= 11 is 0. The van der Waals surface area contributed by atoms with Crippen molar-refractivity contribution in [3.05, 3.63) is 89.0 Å². The number of hydrazone groups is 1. The molecule has 0 radical (unpaired) electrons. The van der Waals surface area contributed by atoms with Gasteiger partial charge >= 0.3 is 0 Å². The maximum Gasteiger partial charge on any atom is 0.159 e. The number of allylic oxidation sites excluding steroid dienone is 3. The van der Waals surface area contributed by atoms with Crippen molar-refractivity contribution in [2.75, 3.05) is 33.2 Å². The number of imidazole rings is 1. The Kier molecular flexibility index (Phi) is 5.22. The molecular weight excluding hydrogens is 429 g/mol. The van der Waals surface area contributed by atoms with Crippen LogP contribution in [0.2, 0.25) is 0 Å². The molecule has 0 amide bonds. The van der Waals surface area contributed by atoms with Gasteiger partial charge in [0.15, 0.2) is 5.82 Å². The van der Waals surface area contributed by atoms with Gasteiger partial charge in [0, 0.05) is 67.4 Å². The van der Waals surface area contributed by atoms with Gasteiger partial charge in [-0.15, -0.1) is 0 Å². The highest BCUT2D eigenvalue weighted by Gasteiger charge is 2.27. The van der Waals surface area contributed by atoms with Crippen LogP contribution < -0.4 is 5.43 Å². The summed E-state index contributed by atoms with van der Waals surface area (Å²) in [4.78, 5) is 17.5. The predicted molar refractivity (Wildman–Crippen MR) is 131 cm³/mol. The normalized spacial score (nSPS) is 17.9. The molecule has 2 N–H and O–H groups in total. The molecule has 34 heavy (non-hydrogen) atoms. The van der Waals surface area contributed by atoms with Crippen molar-refractivity contribution < 1.29 is 4.39 Å². The molecule has 1 aromatic carbocycles. The second-order valence-corrected chi connectivity index (χ2v) is 8.91. The van der Waals surface area contributed by atoms with Crippen LogP contribution in [-0.4, -0.2) is 63.7 Å². The number of aromatic amines is 1. The molecule has 0 saturated carbocycles. The lowest BCUT2D eigenvalue weighted by molar-refractivity contribution is 0.207. The van der Waals surface area contributed by atoms with Gasteiger partial charge in [-0.05, 0) is 36.9 Å². The Balaban J connectivity index is 1.40. The molecule has 3 aromatic rings. The minimum absolute atomic E-state index is 0.268. The Morgan fingerprint density at radius 2 is 1.97 bits per heavy atom. The number of benzene rings is 1. The topological polar surface area (TPSA) is 72.4 Å². The molecule has 8 heteroatoms. The van der Waals surface area contributed by atoms with Crippen LogP contribution in [0.15, 0.2) is 60.0 Å². The molecule has 3 aliphatic rings. The Bertz CT molecular complexity index is 1310. The molecule has 0 spiro atoms. The number of piperazine rings is 1. The zero-order valence-corrected chi connectivity index (χ0v) is 19.1. The van der Waals surface area contributed by atoms with Gasteiger partial charge in [-0.1, -0.05) is 18.2 Å². The molecule has 4 heterocycles. The highest BCUT2D eigenvalue weighted by Crippen LogP contribution is 2.30. The summed E-state index contributed by atoms with van der Waals surface area (Å²) in [7, 11) is 2.16. The number of hydrogen-bond acceptors (Lipinski definition) is 6. The van der Waals surface area contributed by atoms with Gasteiger partial charge in [-0.2, -0.15) is 5.10 Å². The van der Waals surface area contributed by atoms with E-state index >= 15 is 0 Å². The molecule has 1 fully saturated rings. The van der Waals surface area contributed by atoms with E-state index in [2.05, 4.69) is 55.6 Å². The van der Waals surface area contributed by atoms with Gasteiger partial charge < -0.3 is 20.2 Å². The summed E-state index contributed by atoms with van der Waals surface area (Å²) in [6.07, 6.45) is 10.6. The van der Waals surface area contributed by atoms with Crippen molar-refractivity contribution in [2.45, 2.75) is 13.0 Å². The molecule has 2 aliphatic heterocycles. The highest BCUT2D eigenvalue weighted by atomic mass is 19.1. The lowest BCUT2D eigenvalue weighted by atomic mass is 9.95. The van der Waals surface area contributed by atoms with Crippen molar-refractivity contribution in [3.63, 3.8) is 0 Å². The first-order chi connectivity index (χ1) is 16.7. The molecule has 0 atom stereocenters. The second kappa shape index (κ2) is 8.53. The fourth-order valence-corrected chi connectivity index (χ4v) is 4.78. The lowest BCUT2D eigenvalue weighted by Crippen LogP contribution is -2.43. The Morgan fingerprint density at radius 3 is 2.79 bits per heavy atom. The summed E-state index contributed by atoms with van der Waals surface area (Å²) in [6.45, 7) is 4.47. The standard InChI is InChI=1S/C26H26FN7/c1-33-9-11-34(12-10-33)23-7-3-2-6-22-25(23)31-26(30-22)24-20-14-19(17-5-4-8-28-15-17)21(27)13-18(20)16-29-32-24/h2-5,7-8,13-15,29H,6,9-12,16H2,1H3,(H,30,31). The number of likely N-dealkylation sites (N-methyl/N-ethyl adjacent to an activating group) is 1. The van der Waals surface area contributed by atoms with E-state index in [1.54, 1.807) is 18.5 Å². The van der Waals surface area contributed by atoms with E-state index in [0.29, 0.717) is 23.6 Å². The first-order valence-corrected chi connectivity index (χ1v) is 11.6. The number of rotatable bonds is 3. The molecule has 6 rings (SSSR count). The van der Waals surface area contributed by atoms with Crippen molar-refractivity contribution in [1.29, 1.82) is 0 Å². The first kappa shape index (κ1) is 20.8. The molecular formula is C26H26FN7. The third-order valence-electron chi connectivity index (χ3n) is 6.68. The van der Waals surface area contributed by atoms with Crippen molar-refractivity contribution in [1.82, 2.24) is 30.2 Å². The smallest absolute Gasteiger partial charge is 0.159 e. The van der Waals surface area contributed by atoms with Crippen LogP contribution in [0.3, 0.4) is 0 Å². The monoisotopic (exact) mass is 455 g/mol. The van der Waals surface area contributed by atoms with E-state index in [-0.39, 0.29) is 5.82 Å². The largest absolute Gasteiger partial charge is 0.367 e. The summed E-state index contributed by atoms with van der Waals surface area (Å²) in [6, 6.07) is 7.13. The number of nitrogens with one attached hydrogen (secondary N) is 2. The van der Waals surface area contributed by atoms with E-state index in [1.165, 1.54) is 0 Å². The molecule has 7 nitrogen and oxygen atoms in total. The van der Waals surface area contributed by atoms with Crippen molar-refractivity contribution in [3.8, 4) is 11.1 Å². The average Bonchev–Trinajstić information content (AvgIpc) is 3.18. The number of aromatic nitrogens is 3. The van der Waals surface area contributed by atoms with Gasteiger partial charge in [-0.25, -0.2) is 9.37 Å². The Labute approximate surface area is 197 Å². The summed E-state index contributed by atoms with van der Waals surface area (Å²) in [5.41, 5.74) is 9.90. The number of halogens is 1. The Hall–Kier alpha value is -3.78. The molecule has 0 bridgehead atoms.